The van der Waals surface area contributed by atoms with Crippen LogP contribution in [0.3, 0.4) is 0 Å². The van der Waals surface area contributed by atoms with E-state index < -0.39 is 0 Å². The molecule has 208 valence electrons. The molecule has 0 aromatic carbocycles. The van der Waals surface area contributed by atoms with Gasteiger partial charge in [-0.3, -0.25) is 14.5 Å². The second-order valence-electron chi connectivity index (χ2n) is 10.5. The maximum Gasteiger partial charge on any atom is 0.410 e. The van der Waals surface area contributed by atoms with Crippen LogP contribution in [0, 0.1) is 0 Å². The van der Waals surface area contributed by atoms with Crippen LogP contribution in [0.25, 0.3) is 28.2 Å². The van der Waals surface area contributed by atoms with E-state index in [1.165, 1.54) is 11.4 Å². The number of carbonyl (C=O) groups is 2. The maximum absolute atomic E-state index is 12.8. The second kappa shape index (κ2) is 10.3. The van der Waals surface area contributed by atoms with Crippen LogP contribution >= 0.6 is 0 Å². The molecule has 4 aromatic rings. The van der Waals surface area contributed by atoms with Crippen molar-refractivity contribution in [3.8, 4) is 22.5 Å². The fourth-order valence-corrected chi connectivity index (χ4v) is 6.13. The monoisotopic (exact) mass is 544 g/mol. The number of aryl methyl sites for hydroxylation is 1. The highest BCUT2D eigenvalue weighted by Crippen LogP contribution is 2.44. The highest BCUT2D eigenvalue weighted by Gasteiger charge is 2.45. The Labute approximate surface area is 231 Å². The summed E-state index contributed by atoms with van der Waals surface area (Å²) in [6.07, 6.45) is 8.18. The number of rotatable bonds is 7. The molecule has 2 saturated heterocycles. The van der Waals surface area contributed by atoms with Crippen LogP contribution in [0.1, 0.15) is 54.6 Å². The summed E-state index contributed by atoms with van der Waals surface area (Å²) in [4.78, 5) is 37.1. The normalized spacial score (nSPS) is 20.3. The average Bonchev–Trinajstić information content (AvgIpc) is 3.64. The molecule has 0 spiro atoms. The van der Waals surface area contributed by atoms with Crippen LogP contribution in [-0.2, 0) is 16.5 Å². The Morgan fingerprint density at radius 1 is 1.07 bits per heavy atom. The zero-order valence-corrected chi connectivity index (χ0v) is 22.8. The zero-order valence-electron chi connectivity index (χ0n) is 22.8. The molecule has 2 aliphatic rings. The van der Waals surface area contributed by atoms with Gasteiger partial charge in [-0.1, -0.05) is 6.07 Å². The summed E-state index contributed by atoms with van der Waals surface area (Å²) in [6, 6.07) is 5.82. The summed E-state index contributed by atoms with van der Waals surface area (Å²) in [6.45, 7) is 2.09. The van der Waals surface area contributed by atoms with Gasteiger partial charge in [0, 0.05) is 55.7 Å². The molecular formula is C28H32N8O4. The second-order valence-corrected chi connectivity index (χ2v) is 10.5. The Morgan fingerprint density at radius 2 is 1.85 bits per heavy atom. The molecule has 1 amide bonds. The minimum Gasteiger partial charge on any atom is -0.447 e. The third-order valence-electron chi connectivity index (χ3n) is 7.96. The number of carbonyl (C=O) groups excluding carboxylic acids is 2. The van der Waals surface area contributed by atoms with Crippen LogP contribution in [0.15, 0.2) is 36.8 Å². The number of nitrogens with two attached hydrogens (primary N) is 1. The van der Waals surface area contributed by atoms with Gasteiger partial charge in [-0.05, 0) is 44.7 Å². The predicted octanol–water partition coefficient (Wildman–Crippen LogP) is 3.47. The quantitative estimate of drug-likeness (QED) is 0.273. The number of hydrogen-bond donors (Lipinski definition) is 1. The van der Waals surface area contributed by atoms with Gasteiger partial charge in [-0.2, -0.15) is 14.7 Å². The van der Waals surface area contributed by atoms with Crippen LogP contribution < -0.4 is 5.73 Å². The molecule has 2 aliphatic heterocycles. The standard InChI is InChI=1S/C28H32N8O4/c1-16(37)24-25(18-12-19-5-6-20(13-18)35(19)28(38)40-11-10-39-3)32-27-21(15-31-36(27)26(24)29)17-4-7-22(30-14-17)23-8-9-34(2)33-23/h4,7-9,14-15,18-20H,5-6,10-13,29H2,1-3H3/t18-,19+,20-. The van der Waals surface area contributed by atoms with Gasteiger partial charge in [0.2, 0.25) is 0 Å². The van der Waals surface area contributed by atoms with Crippen molar-refractivity contribution in [1.82, 2.24) is 34.3 Å². The number of ketones is 1. The average molecular weight is 545 g/mol. The molecule has 0 saturated carbocycles. The van der Waals surface area contributed by atoms with Crippen LogP contribution in [0.5, 0.6) is 0 Å². The minimum atomic E-state index is -0.308. The van der Waals surface area contributed by atoms with E-state index >= 15 is 0 Å². The Kier molecular flexibility index (Phi) is 6.70. The number of nitrogens with zero attached hydrogens (tertiary/aromatic N) is 7. The topological polar surface area (TPSA) is 143 Å². The smallest absolute Gasteiger partial charge is 0.410 e. The van der Waals surface area contributed by atoms with Crippen molar-refractivity contribution in [3.63, 3.8) is 0 Å². The third-order valence-corrected chi connectivity index (χ3v) is 7.96. The van der Waals surface area contributed by atoms with E-state index in [1.807, 2.05) is 36.3 Å². The van der Waals surface area contributed by atoms with Gasteiger partial charge < -0.3 is 20.1 Å². The third kappa shape index (κ3) is 4.47. The number of amides is 1. The van der Waals surface area contributed by atoms with Gasteiger partial charge in [-0.25, -0.2) is 9.78 Å². The highest BCUT2D eigenvalue weighted by atomic mass is 16.6. The first-order chi connectivity index (χ1) is 19.4. The van der Waals surface area contributed by atoms with Crippen molar-refractivity contribution in [2.24, 2.45) is 7.05 Å². The van der Waals surface area contributed by atoms with Crippen LogP contribution in [0.2, 0.25) is 0 Å². The number of ether oxygens (including phenoxy) is 2. The molecule has 40 heavy (non-hydrogen) atoms. The van der Waals surface area contributed by atoms with Gasteiger partial charge in [0.1, 0.15) is 18.1 Å². The first-order valence-electron chi connectivity index (χ1n) is 13.4. The zero-order chi connectivity index (χ0) is 28.0. The Hall–Kier alpha value is -4.32. The van der Waals surface area contributed by atoms with Crippen molar-refractivity contribution in [2.75, 3.05) is 26.1 Å². The molecule has 12 heteroatoms. The first-order valence-corrected chi connectivity index (χ1v) is 13.4. The summed E-state index contributed by atoms with van der Waals surface area (Å²) in [7, 11) is 3.44. The lowest BCUT2D eigenvalue weighted by Crippen LogP contribution is -2.46. The number of methoxy groups -OCH3 is 1. The number of fused-ring (bicyclic) bond motifs is 3. The Morgan fingerprint density at radius 3 is 2.48 bits per heavy atom. The molecule has 0 unspecified atom stereocenters. The largest absolute Gasteiger partial charge is 0.447 e. The van der Waals surface area contributed by atoms with E-state index in [2.05, 4.69) is 15.2 Å². The molecule has 3 atom stereocenters. The molecular weight excluding hydrogens is 512 g/mol. The van der Waals surface area contributed by atoms with Gasteiger partial charge in [0.05, 0.1) is 29.8 Å². The Balaban J connectivity index is 1.34. The number of hydrogen-bond acceptors (Lipinski definition) is 9. The van der Waals surface area contributed by atoms with E-state index in [1.54, 1.807) is 24.2 Å². The van der Waals surface area contributed by atoms with Gasteiger partial charge in [-0.15, -0.1) is 0 Å². The lowest BCUT2D eigenvalue weighted by atomic mass is 9.85. The van der Waals surface area contributed by atoms with Crippen molar-refractivity contribution in [3.05, 3.63) is 48.0 Å². The molecule has 12 nitrogen and oxygen atoms in total. The highest BCUT2D eigenvalue weighted by molar-refractivity contribution is 6.00. The van der Waals surface area contributed by atoms with Crippen molar-refractivity contribution >= 4 is 23.3 Å². The maximum atomic E-state index is 12.8. The molecule has 0 radical (unpaired) electrons. The molecule has 2 bridgehead atoms. The first kappa shape index (κ1) is 25.9. The fourth-order valence-electron chi connectivity index (χ4n) is 6.13. The van der Waals surface area contributed by atoms with Crippen molar-refractivity contribution in [1.29, 1.82) is 0 Å². The number of piperidine rings is 1. The van der Waals surface area contributed by atoms with Crippen LogP contribution in [0.4, 0.5) is 10.6 Å². The molecule has 6 heterocycles. The van der Waals surface area contributed by atoms with Crippen molar-refractivity contribution in [2.45, 2.75) is 50.6 Å². The summed E-state index contributed by atoms with van der Waals surface area (Å²) in [5.41, 5.74) is 11.3. The predicted molar refractivity (Wildman–Crippen MR) is 147 cm³/mol. The van der Waals surface area contributed by atoms with Gasteiger partial charge >= 0.3 is 6.09 Å². The molecule has 6 rings (SSSR count). The molecule has 2 N–H and O–H groups in total. The molecule has 2 fully saturated rings. The van der Waals surface area contributed by atoms with E-state index in [9.17, 15) is 9.59 Å². The number of anilines is 1. The summed E-state index contributed by atoms with van der Waals surface area (Å²) >= 11 is 0. The number of aromatic nitrogens is 6. The summed E-state index contributed by atoms with van der Waals surface area (Å²) in [5, 5.41) is 8.89. The summed E-state index contributed by atoms with van der Waals surface area (Å²) in [5.74, 6) is 0.0822. The van der Waals surface area contributed by atoms with E-state index in [4.69, 9.17) is 20.2 Å². The van der Waals surface area contributed by atoms with Crippen molar-refractivity contribution < 1.29 is 19.1 Å². The minimum absolute atomic E-state index is 0.0191. The van der Waals surface area contributed by atoms with E-state index in [-0.39, 0.29) is 42.3 Å². The lowest BCUT2D eigenvalue weighted by molar-refractivity contribution is 0.0467. The number of Topliss-reactive ketones (excluding diaryl/α,β-unsaturated/α-hetero) is 1. The van der Waals surface area contributed by atoms with Gasteiger partial charge in [0.25, 0.3) is 0 Å². The molecule has 0 aliphatic carbocycles. The fraction of sp³-hybridized carbons (Fsp3) is 0.429. The van der Waals surface area contributed by atoms with Gasteiger partial charge in [0.15, 0.2) is 11.4 Å². The lowest BCUT2D eigenvalue weighted by Gasteiger charge is -2.38. The molecule has 4 aromatic heterocycles. The Bertz CT molecular complexity index is 1560. The van der Waals surface area contributed by atoms with E-state index in [0.717, 1.165) is 35.4 Å². The van der Waals surface area contributed by atoms with Crippen LogP contribution in [-0.4, -0.2) is 78.5 Å². The number of pyridine rings is 1. The van der Waals surface area contributed by atoms with E-state index in [0.29, 0.717) is 36.4 Å². The SMILES string of the molecule is COCCOC(=O)N1[C@@H]2CC[C@H]1C[C@@H](c1nc3c(-c4ccc(-c5ccn(C)n5)nc4)cnn3c(N)c1C(C)=O)C2. The number of nitrogen functional groups attached to an aromatic ring is 1. The summed E-state index contributed by atoms with van der Waals surface area (Å²) < 4.78 is 13.7.